The summed E-state index contributed by atoms with van der Waals surface area (Å²) in [4.78, 5) is 64.1. The Labute approximate surface area is 223 Å². The monoisotopic (exact) mass is 575 g/mol. The summed E-state index contributed by atoms with van der Waals surface area (Å²) in [5, 5.41) is 30.3. The predicted octanol–water partition coefficient (Wildman–Crippen LogP) is 2.03. The number of nitro groups is 1. The number of carboxylic acid groups (broad SMARTS) is 2. The van der Waals surface area contributed by atoms with Crippen molar-refractivity contribution in [2.75, 3.05) is 44.3 Å². The molecule has 2 aromatic rings. The molecule has 3 rings (SSSR count). The molecular formula is C23H25F4N5O8. The molecule has 1 fully saturated rings. The highest BCUT2D eigenvalue weighted by molar-refractivity contribution is 6.10. The van der Waals surface area contributed by atoms with Crippen LogP contribution in [0.2, 0.25) is 0 Å². The first-order valence-electron chi connectivity index (χ1n) is 11.7. The second kappa shape index (κ2) is 13.6. The summed E-state index contributed by atoms with van der Waals surface area (Å²) in [5.74, 6) is -6.00. The van der Waals surface area contributed by atoms with E-state index in [9.17, 15) is 42.1 Å². The summed E-state index contributed by atoms with van der Waals surface area (Å²) in [5.41, 5.74) is 0.312. The summed E-state index contributed by atoms with van der Waals surface area (Å²) >= 11 is 0. The van der Waals surface area contributed by atoms with Crippen molar-refractivity contribution >= 4 is 45.9 Å². The molecule has 0 aliphatic carbocycles. The summed E-state index contributed by atoms with van der Waals surface area (Å²) in [6, 6.07) is 2.88. The number of aliphatic carboxylic acids is 2. The number of carboxylic acids is 2. The number of pyridine rings is 1. The van der Waals surface area contributed by atoms with Crippen molar-refractivity contribution in [3.05, 3.63) is 40.1 Å². The minimum absolute atomic E-state index is 0.0231. The van der Waals surface area contributed by atoms with E-state index in [0.29, 0.717) is 37.3 Å². The van der Waals surface area contributed by atoms with Crippen molar-refractivity contribution in [1.29, 1.82) is 0 Å². The lowest BCUT2D eigenvalue weighted by molar-refractivity contribution is -0.383. The van der Waals surface area contributed by atoms with E-state index in [2.05, 4.69) is 15.2 Å². The van der Waals surface area contributed by atoms with Gasteiger partial charge in [0.25, 0.3) is 11.6 Å². The minimum Gasteiger partial charge on any atom is -0.481 e. The number of likely N-dealkylation sites (N-methyl/N-ethyl adjacent to an activating group) is 1. The number of nitrogens with zero attached hydrogens (tertiary/aromatic N) is 4. The number of rotatable bonds is 9. The Hall–Kier alpha value is -4.41. The highest BCUT2D eigenvalue weighted by atomic mass is 19.4. The number of fused-ring (bicyclic) bond motifs is 1. The number of nitro benzene ring substituents is 1. The van der Waals surface area contributed by atoms with E-state index < -0.39 is 53.9 Å². The Morgan fingerprint density at radius 3 is 2.23 bits per heavy atom. The zero-order chi connectivity index (χ0) is 30.2. The molecule has 1 amide bonds. The van der Waals surface area contributed by atoms with Gasteiger partial charge in [-0.3, -0.25) is 24.5 Å². The number of halogens is 4. The Kier molecular flexibility index (Phi) is 10.8. The third-order valence-corrected chi connectivity index (χ3v) is 5.87. The molecule has 2 heterocycles. The number of amides is 1. The second-order valence-electron chi connectivity index (χ2n) is 8.40. The average molecular weight is 575 g/mol. The van der Waals surface area contributed by atoms with Crippen LogP contribution in [0.1, 0.15) is 23.7 Å². The fraction of sp³-hybridized carbons (Fsp3) is 0.435. The van der Waals surface area contributed by atoms with Gasteiger partial charge in [-0.2, -0.15) is 13.2 Å². The molecule has 17 heteroatoms. The van der Waals surface area contributed by atoms with E-state index in [1.807, 2.05) is 11.8 Å². The van der Waals surface area contributed by atoms with Gasteiger partial charge in [-0.25, -0.2) is 14.2 Å². The maximum atomic E-state index is 13.1. The van der Waals surface area contributed by atoms with Gasteiger partial charge in [0.1, 0.15) is 18.2 Å². The van der Waals surface area contributed by atoms with Crippen LogP contribution in [0, 0.1) is 10.1 Å². The zero-order valence-corrected chi connectivity index (χ0v) is 21.0. The SMILES string of the molecule is CCN1CCN(c2c(C(=O)NC(CC(=O)O)C(=O)CF)cnc3c([N+](=O)[O-])cccc23)CC1.O=C(O)C(F)(F)F. The molecule has 0 bridgehead atoms. The van der Waals surface area contributed by atoms with E-state index in [0.717, 1.165) is 6.54 Å². The first-order valence-corrected chi connectivity index (χ1v) is 11.7. The van der Waals surface area contributed by atoms with Crippen molar-refractivity contribution in [1.82, 2.24) is 15.2 Å². The third kappa shape index (κ3) is 8.05. The summed E-state index contributed by atoms with van der Waals surface area (Å²) in [7, 11) is 0. The van der Waals surface area contributed by atoms with E-state index in [1.54, 1.807) is 6.07 Å². The Balaban J connectivity index is 0.000000708. The highest BCUT2D eigenvalue weighted by Gasteiger charge is 2.38. The van der Waals surface area contributed by atoms with Crippen molar-refractivity contribution in [2.45, 2.75) is 25.6 Å². The van der Waals surface area contributed by atoms with Gasteiger partial charge >= 0.3 is 18.1 Å². The van der Waals surface area contributed by atoms with Gasteiger partial charge in [-0.05, 0) is 6.54 Å². The lowest BCUT2D eigenvalue weighted by Gasteiger charge is -2.36. The molecule has 0 radical (unpaired) electrons. The quantitative estimate of drug-likeness (QED) is 0.226. The third-order valence-electron chi connectivity index (χ3n) is 5.87. The normalized spacial score (nSPS) is 14.6. The number of alkyl halides is 4. The molecule has 0 spiro atoms. The van der Waals surface area contributed by atoms with Crippen LogP contribution >= 0.6 is 0 Å². The molecule has 1 atom stereocenters. The number of non-ortho nitro benzene ring substituents is 1. The molecule has 0 saturated carbocycles. The number of hydrogen-bond acceptors (Lipinski definition) is 9. The topological polar surface area (TPSA) is 183 Å². The second-order valence-corrected chi connectivity index (χ2v) is 8.40. The van der Waals surface area contributed by atoms with Crippen LogP contribution in [0.5, 0.6) is 0 Å². The highest BCUT2D eigenvalue weighted by Crippen LogP contribution is 2.34. The van der Waals surface area contributed by atoms with Crippen LogP contribution in [-0.4, -0.2) is 100 Å². The van der Waals surface area contributed by atoms with Crippen LogP contribution < -0.4 is 10.2 Å². The number of nitrogens with one attached hydrogen (secondary N) is 1. The van der Waals surface area contributed by atoms with E-state index in [1.165, 1.54) is 18.3 Å². The smallest absolute Gasteiger partial charge is 0.481 e. The van der Waals surface area contributed by atoms with Gasteiger partial charge in [0.2, 0.25) is 0 Å². The van der Waals surface area contributed by atoms with Crippen LogP contribution in [0.3, 0.4) is 0 Å². The number of aromatic nitrogens is 1. The molecule has 3 N–H and O–H groups in total. The van der Waals surface area contributed by atoms with E-state index in [-0.39, 0.29) is 16.8 Å². The van der Waals surface area contributed by atoms with Crippen LogP contribution in [0.25, 0.3) is 10.9 Å². The number of carbonyl (C=O) groups is 4. The zero-order valence-electron chi connectivity index (χ0n) is 21.0. The largest absolute Gasteiger partial charge is 0.490 e. The standard InChI is InChI=1S/C21H24FN5O6.C2HF3O2/c1-2-25-6-8-26(9-7-25)20-13-4-3-5-16(27(32)33)19(13)23-12-14(20)21(31)24-15(10-18(29)30)17(28)11-22;3-2(4,5)1(6)7/h3-5,12,15H,2,6-11H2,1H3,(H,24,31)(H,29,30);(H,6,7). The van der Waals surface area contributed by atoms with Crippen molar-refractivity contribution in [3.8, 4) is 0 Å². The molecule has 1 aliphatic heterocycles. The molecule has 218 valence electrons. The van der Waals surface area contributed by atoms with Crippen LogP contribution in [-0.2, 0) is 14.4 Å². The molecule has 13 nitrogen and oxygen atoms in total. The molecule has 1 saturated heterocycles. The summed E-state index contributed by atoms with van der Waals surface area (Å²) in [6.07, 6.45) is -4.69. The molecule has 1 aromatic carbocycles. The Morgan fingerprint density at radius 1 is 1.15 bits per heavy atom. The van der Waals surface area contributed by atoms with Gasteiger partial charge in [-0.1, -0.05) is 19.1 Å². The van der Waals surface area contributed by atoms with Gasteiger partial charge < -0.3 is 25.3 Å². The Bertz CT molecular complexity index is 1280. The number of Topliss-reactive ketones (excluding diaryl/α,β-unsaturated/α-hetero) is 1. The van der Waals surface area contributed by atoms with Gasteiger partial charge in [0.15, 0.2) is 5.78 Å². The van der Waals surface area contributed by atoms with Crippen molar-refractivity contribution in [2.24, 2.45) is 0 Å². The maximum absolute atomic E-state index is 13.1. The minimum atomic E-state index is -5.08. The molecule has 40 heavy (non-hydrogen) atoms. The number of benzene rings is 1. The number of ketones is 1. The van der Waals surface area contributed by atoms with E-state index in [4.69, 9.17) is 15.0 Å². The van der Waals surface area contributed by atoms with Crippen molar-refractivity contribution in [3.63, 3.8) is 0 Å². The summed E-state index contributed by atoms with van der Waals surface area (Å²) in [6.45, 7) is 3.95. The van der Waals surface area contributed by atoms with Crippen LogP contribution in [0.4, 0.5) is 28.9 Å². The molecule has 1 aromatic heterocycles. The molecule has 1 unspecified atom stereocenters. The fourth-order valence-electron chi connectivity index (χ4n) is 3.88. The average Bonchev–Trinajstić information content (AvgIpc) is 2.90. The number of para-hydroxylation sites is 1. The number of anilines is 1. The molecule has 1 aliphatic rings. The first-order chi connectivity index (χ1) is 18.7. The number of carbonyl (C=O) groups excluding carboxylic acids is 2. The van der Waals surface area contributed by atoms with Gasteiger partial charge in [0.05, 0.1) is 22.6 Å². The summed E-state index contributed by atoms with van der Waals surface area (Å²) < 4.78 is 44.7. The maximum Gasteiger partial charge on any atom is 0.490 e. The lowest BCUT2D eigenvalue weighted by atomic mass is 10.0. The van der Waals surface area contributed by atoms with Crippen molar-refractivity contribution < 1.29 is 51.9 Å². The first kappa shape index (κ1) is 31.8. The van der Waals surface area contributed by atoms with Gasteiger partial charge in [0, 0.05) is 43.8 Å². The van der Waals surface area contributed by atoms with Crippen LogP contribution in [0.15, 0.2) is 24.4 Å². The Morgan fingerprint density at radius 2 is 1.75 bits per heavy atom. The predicted molar refractivity (Wildman–Crippen MR) is 131 cm³/mol. The number of piperazine rings is 1. The molecular weight excluding hydrogens is 550 g/mol. The van der Waals surface area contributed by atoms with E-state index >= 15 is 0 Å². The fourth-order valence-corrected chi connectivity index (χ4v) is 3.88. The van der Waals surface area contributed by atoms with Gasteiger partial charge in [-0.15, -0.1) is 0 Å². The lowest BCUT2D eigenvalue weighted by Crippen LogP contribution is -2.47. The number of hydrogen-bond donors (Lipinski definition) is 3.